The van der Waals surface area contributed by atoms with Gasteiger partial charge in [0.15, 0.2) is 0 Å². The molecule has 2 unspecified atom stereocenters. The predicted molar refractivity (Wildman–Crippen MR) is 73.8 cm³/mol. The molecule has 20 heavy (non-hydrogen) atoms. The second kappa shape index (κ2) is 6.38. The van der Waals surface area contributed by atoms with Crippen LogP contribution in [0.2, 0.25) is 0 Å². The van der Waals surface area contributed by atoms with E-state index in [-0.39, 0.29) is 17.3 Å². The summed E-state index contributed by atoms with van der Waals surface area (Å²) >= 11 is 0. The minimum absolute atomic E-state index is 0.0341. The molecule has 1 aliphatic carbocycles. The van der Waals surface area contributed by atoms with E-state index in [4.69, 9.17) is 5.11 Å². The average molecular weight is 278 g/mol. The fourth-order valence-corrected chi connectivity index (χ4v) is 2.39. The standard InChI is InChI=1S/C14H18N2O4/c17-12-8-4-3-7-11(12)16-14(20)15-10-6-2-1-5-9(10)13(18)19/h1-2,5-6,11-12,17H,3-4,7-8H2,(H,18,19)(H2,15,16,20). The third-order valence-electron chi connectivity index (χ3n) is 3.45. The first-order chi connectivity index (χ1) is 9.58. The molecule has 1 saturated carbocycles. The number of hydrogen-bond acceptors (Lipinski definition) is 3. The zero-order chi connectivity index (χ0) is 14.5. The second-order valence-corrected chi connectivity index (χ2v) is 4.91. The molecule has 1 fully saturated rings. The van der Waals surface area contributed by atoms with Gasteiger partial charge in [0.25, 0.3) is 0 Å². The number of aliphatic hydroxyl groups is 1. The number of hydrogen-bond donors (Lipinski definition) is 4. The van der Waals surface area contributed by atoms with E-state index in [1.165, 1.54) is 12.1 Å². The molecule has 2 atom stereocenters. The summed E-state index contributed by atoms with van der Waals surface area (Å²) in [6.45, 7) is 0. The van der Waals surface area contributed by atoms with E-state index in [1.807, 2.05) is 0 Å². The Balaban J connectivity index is 1.99. The van der Waals surface area contributed by atoms with Crippen LogP contribution < -0.4 is 10.6 Å². The largest absolute Gasteiger partial charge is 0.478 e. The lowest BCUT2D eigenvalue weighted by Crippen LogP contribution is -2.46. The van der Waals surface area contributed by atoms with Gasteiger partial charge in [-0.3, -0.25) is 0 Å². The summed E-state index contributed by atoms with van der Waals surface area (Å²) in [5.74, 6) is -1.10. The number of amides is 2. The van der Waals surface area contributed by atoms with Crippen molar-refractivity contribution < 1.29 is 19.8 Å². The van der Waals surface area contributed by atoms with Crippen LogP contribution in [0.15, 0.2) is 24.3 Å². The molecule has 0 radical (unpaired) electrons. The lowest BCUT2D eigenvalue weighted by Gasteiger charge is -2.28. The van der Waals surface area contributed by atoms with Crippen LogP contribution in [0.1, 0.15) is 36.0 Å². The highest BCUT2D eigenvalue weighted by Crippen LogP contribution is 2.19. The third kappa shape index (κ3) is 3.48. The monoisotopic (exact) mass is 278 g/mol. The van der Waals surface area contributed by atoms with E-state index < -0.39 is 18.1 Å². The lowest BCUT2D eigenvalue weighted by atomic mass is 9.93. The molecule has 6 nitrogen and oxygen atoms in total. The average Bonchev–Trinajstić information content (AvgIpc) is 2.41. The maximum atomic E-state index is 11.9. The van der Waals surface area contributed by atoms with E-state index in [0.717, 1.165) is 19.3 Å². The molecule has 0 aliphatic heterocycles. The Labute approximate surface area is 116 Å². The molecule has 6 heteroatoms. The first-order valence-corrected chi connectivity index (χ1v) is 6.66. The van der Waals surface area contributed by atoms with Crippen LogP contribution >= 0.6 is 0 Å². The molecule has 1 aromatic carbocycles. The molecule has 108 valence electrons. The maximum Gasteiger partial charge on any atom is 0.337 e. The van der Waals surface area contributed by atoms with Crippen LogP contribution in [-0.2, 0) is 0 Å². The summed E-state index contributed by atoms with van der Waals surface area (Å²) in [7, 11) is 0. The van der Waals surface area contributed by atoms with Crippen molar-refractivity contribution in [2.75, 3.05) is 5.32 Å². The van der Waals surface area contributed by atoms with Gasteiger partial charge >= 0.3 is 12.0 Å². The van der Waals surface area contributed by atoms with Crippen molar-refractivity contribution in [3.8, 4) is 0 Å². The Bertz CT molecular complexity index is 504. The van der Waals surface area contributed by atoms with Crippen LogP contribution in [0.25, 0.3) is 0 Å². The molecule has 0 heterocycles. The van der Waals surface area contributed by atoms with Gasteiger partial charge < -0.3 is 20.8 Å². The Morgan fingerprint density at radius 3 is 2.55 bits per heavy atom. The maximum absolute atomic E-state index is 11.9. The van der Waals surface area contributed by atoms with E-state index in [1.54, 1.807) is 12.1 Å². The van der Waals surface area contributed by atoms with Gasteiger partial charge in [0, 0.05) is 0 Å². The summed E-state index contributed by atoms with van der Waals surface area (Å²) in [5, 5.41) is 24.0. The number of carboxylic acids is 1. The fraction of sp³-hybridized carbons (Fsp3) is 0.429. The van der Waals surface area contributed by atoms with Crippen molar-refractivity contribution in [1.29, 1.82) is 0 Å². The molecule has 2 amide bonds. The summed E-state index contributed by atoms with van der Waals surface area (Å²) in [5.41, 5.74) is 0.273. The van der Waals surface area contributed by atoms with Crippen LogP contribution in [-0.4, -0.2) is 34.4 Å². The van der Waals surface area contributed by atoms with Gasteiger partial charge in [-0.05, 0) is 25.0 Å². The second-order valence-electron chi connectivity index (χ2n) is 4.91. The SMILES string of the molecule is O=C(Nc1ccccc1C(=O)O)NC1CCCCC1O. The van der Waals surface area contributed by atoms with Gasteiger partial charge in [-0.1, -0.05) is 25.0 Å². The van der Waals surface area contributed by atoms with Crippen LogP contribution in [0.3, 0.4) is 0 Å². The first kappa shape index (κ1) is 14.3. The predicted octanol–water partition coefficient (Wildman–Crippen LogP) is 1.81. The van der Waals surface area contributed by atoms with Gasteiger partial charge in [0.1, 0.15) is 0 Å². The van der Waals surface area contributed by atoms with Crippen molar-refractivity contribution in [1.82, 2.24) is 5.32 Å². The number of anilines is 1. The molecule has 2 rings (SSSR count). The number of carboxylic acid groups (broad SMARTS) is 1. The zero-order valence-corrected chi connectivity index (χ0v) is 11.0. The quantitative estimate of drug-likeness (QED) is 0.677. The van der Waals surface area contributed by atoms with E-state index in [2.05, 4.69) is 10.6 Å². The Kier molecular flexibility index (Phi) is 4.57. The smallest absolute Gasteiger partial charge is 0.337 e. The zero-order valence-electron chi connectivity index (χ0n) is 11.0. The lowest BCUT2D eigenvalue weighted by molar-refractivity contribution is 0.0698. The van der Waals surface area contributed by atoms with Crippen molar-refractivity contribution in [3.63, 3.8) is 0 Å². The molecule has 1 aliphatic rings. The highest BCUT2D eigenvalue weighted by Gasteiger charge is 2.24. The normalized spacial score (nSPS) is 22.1. The van der Waals surface area contributed by atoms with Crippen LogP contribution in [0.4, 0.5) is 10.5 Å². The Morgan fingerprint density at radius 1 is 1.15 bits per heavy atom. The van der Waals surface area contributed by atoms with Crippen LogP contribution in [0, 0.1) is 0 Å². The van der Waals surface area contributed by atoms with Crippen molar-refractivity contribution in [2.45, 2.75) is 37.8 Å². The number of carbonyl (C=O) groups is 2. The molecule has 0 aromatic heterocycles. The minimum atomic E-state index is -1.10. The molecule has 0 saturated heterocycles. The molecule has 0 bridgehead atoms. The van der Waals surface area contributed by atoms with E-state index in [9.17, 15) is 14.7 Å². The number of nitrogens with one attached hydrogen (secondary N) is 2. The summed E-state index contributed by atoms with van der Waals surface area (Å²) in [6, 6.07) is 5.42. The molecule has 4 N–H and O–H groups in total. The number of aromatic carboxylic acids is 1. The number of benzene rings is 1. The summed E-state index contributed by atoms with van der Waals surface area (Å²) in [6.07, 6.45) is 2.80. The summed E-state index contributed by atoms with van der Waals surface area (Å²) in [4.78, 5) is 22.9. The minimum Gasteiger partial charge on any atom is -0.478 e. The van der Waals surface area contributed by atoms with Crippen molar-refractivity contribution in [3.05, 3.63) is 29.8 Å². The molecule has 0 spiro atoms. The van der Waals surface area contributed by atoms with Gasteiger partial charge in [-0.2, -0.15) is 0 Å². The van der Waals surface area contributed by atoms with Gasteiger partial charge in [0.2, 0.25) is 0 Å². The van der Waals surface area contributed by atoms with E-state index in [0.29, 0.717) is 6.42 Å². The van der Waals surface area contributed by atoms with Crippen molar-refractivity contribution >= 4 is 17.7 Å². The highest BCUT2D eigenvalue weighted by molar-refractivity contribution is 6.00. The summed E-state index contributed by atoms with van der Waals surface area (Å²) < 4.78 is 0. The number of rotatable bonds is 3. The van der Waals surface area contributed by atoms with Gasteiger partial charge in [0.05, 0.1) is 23.4 Å². The molecule has 1 aromatic rings. The number of para-hydroxylation sites is 1. The third-order valence-corrected chi connectivity index (χ3v) is 3.45. The number of aliphatic hydroxyl groups excluding tert-OH is 1. The topological polar surface area (TPSA) is 98.7 Å². The van der Waals surface area contributed by atoms with E-state index >= 15 is 0 Å². The first-order valence-electron chi connectivity index (χ1n) is 6.66. The molecular weight excluding hydrogens is 260 g/mol. The number of urea groups is 1. The van der Waals surface area contributed by atoms with Crippen molar-refractivity contribution in [2.24, 2.45) is 0 Å². The fourth-order valence-electron chi connectivity index (χ4n) is 2.39. The van der Waals surface area contributed by atoms with Gasteiger partial charge in [-0.25, -0.2) is 9.59 Å². The molecular formula is C14H18N2O4. The Morgan fingerprint density at radius 2 is 1.85 bits per heavy atom. The van der Waals surface area contributed by atoms with Crippen LogP contribution in [0.5, 0.6) is 0 Å². The highest BCUT2D eigenvalue weighted by atomic mass is 16.4. The van der Waals surface area contributed by atoms with Gasteiger partial charge in [-0.15, -0.1) is 0 Å². The Hall–Kier alpha value is -2.08. The number of carbonyl (C=O) groups excluding carboxylic acids is 1.